The van der Waals surface area contributed by atoms with Crippen LogP contribution in [0.15, 0.2) is 36.7 Å². The van der Waals surface area contributed by atoms with Gasteiger partial charge in [0, 0.05) is 23.8 Å². The molecule has 0 saturated heterocycles. The van der Waals surface area contributed by atoms with E-state index in [-0.39, 0.29) is 0 Å². The number of rotatable bonds is 4. The van der Waals surface area contributed by atoms with E-state index in [4.69, 9.17) is 0 Å². The first-order chi connectivity index (χ1) is 8.90. The molecule has 0 bridgehead atoms. The fraction of sp³-hybridized carbons (Fsp3) is 0.438. The molecule has 94 valence electrons. The highest BCUT2D eigenvalue weighted by Gasteiger charge is 2.28. The molecule has 1 saturated carbocycles. The van der Waals surface area contributed by atoms with E-state index in [1.165, 1.54) is 35.6 Å². The van der Waals surface area contributed by atoms with Crippen molar-refractivity contribution in [2.75, 3.05) is 6.54 Å². The fourth-order valence-electron chi connectivity index (χ4n) is 2.93. The van der Waals surface area contributed by atoms with Crippen LogP contribution in [0.2, 0.25) is 0 Å². The lowest BCUT2D eigenvalue weighted by Gasteiger charge is -2.35. The Kier molecular flexibility index (Phi) is 3.28. The van der Waals surface area contributed by atoms with Crippen LogP contribution in [0.3, 0.4) is 0 Å². The molecule has 1 N–H and O–H groups in total. The number of hydrogen-bond donors (Lipinski definition) is 1. The lowest BCUT2D eigenvalue weighted by atomic mass is 9.76. The molecule has 1 unspecified atom stereocenters. The molecule has 0 spiro atoms. The Morgan fingerprint density at radius 1 is 1.33 bits per heavy atom. The van der Waals surface area contributed by atoms with Crippen molar-refractivity contribution in [3.8, 4) is 0 Å². The summed E-state index contributed by atoms with van der Waals surface area (Å²) in [6.45, 7) is 3.22. The first-order valence-electron chi connectivity index (χ1n) is 6.96. The highest BCUT2D eigenvalue weighted by atomic mass is 14.9. The highest BCUT2D eigenvalue weighted by Crippen LogP contribution is 2.39. The maximum Gasteiger partial charge on any atom is 0.0355 e. The quantitative estimate of drug-likeness (QED) is 0.881. The predicted octanol–water partition coefficient (Wildman–Crippen LogP) is 3.69. The average Bonchev–Trinajstić information content (AvgIpc) is 2.35. The van der Waals surface area contributed by atoms with E-state index in [0.29, 0.717) is 6.04 Å². The predicted molar refractivity (Wildman–Crippen MR) is 75.5 cm³/mol. The van der Waals surface area contributed by atoms with Crippen LogP contribution in [-0.4, -0.2) is 11.5 Å². The number of fused-ring (bicyclic) bond motifs is 1. The van der Waals surface area contributed by atoms with Gasteiger partial charge in [0.05, 0.1) is 0 Å². The monoisotopic (exact) mass is 240 g/mol. The Labute approximate surface area is 108 Å². The summed E-state index contributed by atoms with van der Waals surface area (Å²) in [5.74, 6) is 0.802. The largest absolute Gasteiger partial charge is 0.310 e. The number of hydrogen-bond acceptors (Lipinski definition) is 2. The number of aromatic nitrogens is 1. The number of benzene rings is 1. The standard InChI is InChI=1S/C16H20N2/c1-2-18-16(13-6-3-7-13)14-8-4-5-12-9-10-17-11-15(12)14/h4-5,8-11,13,16,18H,2-3,6-7H2,1H3. The topological polar surface area (TPSA) is 24.9 Å². The molecule has 3 rings (SSSR count). The molecular weight excluding hydrogens is 220 g/mol. The number of nitrogens with zero attached hydrogens (tertiary/aromatic N) is 1. The van der Waals surface area contributed by atoms with Gasteiger partial charge >= 0.3 is 0 Å². The minimum Gasteiger partial charge on any atom is -0.310 e. The molecule has 2 aromatic rings. The zero-order valence-electron chi connectivity index (χ0n) is 10.9. The summed E-state index contributed by atoms with van der Waals surface area (Å²) >= 11 is 0. The van der Waals surface area contributed by atoms with Gasteiger partial charge in [-0.2, -0.15) is 0 Å². The maximum atomic E-state index is 4.29. The van der Waals surface area contributed by atoms with E-state index in [2.05, 4.69) is 41.5 Å². The van der Waals surface area contributed by atoms with Gasteiger partial charge in [-0.25, -0.2) is 0 Å². The lowest BCUT2D eigenvalue weighted by Crippen LogP contribution is -2.32. The second kappa shape index (κ2) is 5.07. The third-order valence-electron chi connectivity index (χ3n) is 4.10. The third kappa shape index (κ3) is 2.01. The van der Waals surface area contributed by atoms with Gasteiger partial charge in [-0.05, 0) is 42.3 Å². The molecule has 1 aliphatic carbocycles. The highest BCUT2D eigenvalue weighted by molar-refractivity contribution is 5.85. The van der Waals surface area contributed by atoms with Crippen molar-refractivity contribution in [3.05, 3.63) is 42.2 Å². The summed E-state index contributed by atoms with van der Waals surface area (Å²) in [6, 6.07) is 9.19. The molecule has 1 fully saturated rings. The van der Waals surface area contributed by atoms with Crippen LogP contribution in [0.25, 0.3) is 10.8 Å². The van der Waals surface area contributed by atoms with Crippen LogP contribution in [0.5, 0.6) is 0 Å². The van der Waals surface area contributed by atoms with E-state index < -0.39 is 0 Å². The Morgan fingerprint density at radius 2 is 2.22 bits per heavy atom. The summed E-state index contributed by atoms with van der Waals surface area (Å²) in [5.41, 5.74) is 1.42. The van der Waals surface area contributed by atoms with Gasteiger partial charge in [-0.15, -0.1) is 0 Å². The Morgan fingerprint density at radius 3 is 2.94 bits per heavy atom. The molecule has 0 radical (unpaired) electrons. The second-order valence-corrected chi connectivity index (χ2v) is 5.17. The van der Waals surface area contributed by atoms with Crippen molar-refractivity contribution in [1.29, 1.82) is 0 Å². The normalized spacial score (nSPS) is 17.6. The van der Waals surface area contributed by atoms with Gasteiger partial charge in [0.25, 0.3) is 0 Å². The Balaban J connectivity index is 2.04. The fourth-order valence-corrected chi connectivity index (χ4v) is 2.93. The number of pyridine rings is 1. The van der Waals surface area contributed by atoms with Crippen LogP contribution in [0.1, 0.15) is 37.8 Å². The van der Waals surface area contributed by atoms with Crippen molar-refractivity contribution in [1.82, 2.24) is 10.3 Å². The summed E-state index contributed by atoms with van der Waals surface area (Å²) in [6.07, 6.45) is 7.98. The van der Waals surface area contributed by atoms with Crippen LogP contribution in [-0.2, 0) is 0 Å². The van der Waals surface area contributed by atoms with Gasteiger partial charge in [-0.3, -0.25) is 4.98 Å². The second-order valence-electron chi connectivity index (χ2n) is 5.17. The van der Waals surface area contributed by atoms with Crippen molar-refractivity contribution >= 4 is 10.8 Å². The molecule has 1 aliphatic rings. The van der Waals surface area contributed by atoms with Crippen LogP contribution in [0.4, 0.5) is 0 Å². The van der Waals surface area contributed by atoms with Crippen molar-refractivity contribution in [3.63, 3.8) is 0 Å². The molecule has 1 aromatic carbocycles. The van der Waals surface area contributed by atoms with E-state index in [9.17, 15) is 0 Å². The lowest BCUT2D eigenvalue weighted by molar-refractivity contribution is 0.234. The number of nitrogens with one attached hydrogen (secondary N) is 1. The molecule has 1 atom stereocenters. The van der Waals surface area contributed by atoms with Gasteiger partial charge in [0.1, 0.15) is 0 Å². The van der Waals surface area contributed by atoms with Crippen LogP contribution < -0.4 is 5.32 Å². The van der Waals surface area contributed by atoms with Crippen LogP contribution >= 0.6 is 0 Å². The average molecular weight is 240 g/mol. The summed E-state index contributed by atoms with van der Waals surface area (Å²) in [7, 11) is 0. The summed E-state index contributed by atoms with van der Waals surface area (Å²) in [4.78, 5) is 4.29. The van der Waals surface area contributed by atoms with E-state index in [0.717, 1.165) is 12.5 Å². The molecular formula is C16H20N2. The minimum atomic E-state index is 0.497. The molecule has 1 heterocycles. The molecule has 0 aliphatic heterocycles. The molecule has 0 amide bonds. The van der Waals surface area contributed by atoms with Crippen LogP contribution in [0, 0.1) is 5.92 Å². The zero-order valence-corrected chi connectivity index (χ0v) is 10.9. The zero-order chi connectivity index (χ0) is 12.4. The molecule has 1 aromatic heterocycles. The summed E-state index contributed by atoms with van der Waals surface area (Å²) in [5, 5.41) is 6.26. The Hall–Kier alpha value is -1.41. The van der Waals surface area contributed by atoms with Gasteiger partial charge in [0.2, 0.25) is 0 Å². The SMILES string of the molecule is CCNC(c1cccc2ccncc12)C1CCC1. The van der Waals surface area contributed by atoms with E-state index >= 15 is 0 Å². The van der Waals surface area contributed by atoms with Crippen molar-refractivity contribution < 1.29 is 0 Å². The van der Waals surface area contributed by atoms with Crippen molar-refractivity contribution in [2.45, 2.75) is 32.2 Å². The molecule has 2 heteroatoms. The van der Waals surface area contributed by atoms with E-state index in [1.807, 2.05) is 12.4 Å². The Bertz CT molecular complexity index is 526. The first kappa shape index (κ1) is 11.7. The van der Waals surface area contributed by atoms with Gasteiger partial charge in [-0.1, -0.05) is 31.5 Å². The first-order valence-corrected chi connectivity index (χ1v) is 6.96. The van der Waals surface area contributed by atoms with Gasteiger partial charge < -0.3 is 5.32 Å². The maximum absolute atomic E-state index is 4.29. The molecule has 2 nitrogen and oxygen atoms in total. The summed E-state index contributed by atoms with van der Waals surface area (Å²) < 4.78 is 0. The molecule has 18 heavy (non-hydrogen) atoms. The van der Waals surface area contributed by atoms with E-state index in [1.54, 1.807) is 0 Å². The van der Waals surface area contributed by atoms with Crippen molar-refractivity contribution in [2.24, 2.45) is 5.92 Å². The third-order valence-corrected chi connectivity index (χ3v) is 4.10. The van der Waals surface area contributed by atoms with Gasteiger partial charge in [0.15, 0.2) is 0 Å². The smallest absolute Gasteiger partial charge is 0.0355 e. The minimum absolute atomic E-state index is 0.497.